The molecule has 0 amide bonds. The summed E-state index contributed by atoms with van der Waals surface area (Å²) in [6, 6.07) is 13.0. The third-order valence-corrected chi connectivity index (χ3v) is 6.64. The second-order valence-electron chi connectivity index (χ2n) is 5.34. The van der Waals surface area contributed by atoms with Crippen LogP contribution in [0.15, 0.2) is 36.4 Å². The number of benzene rings is 1. The lowest BCUT2D eigenvalue weighted by molar-refractivity contribution is 0.604. The lowest BCUT2D eigenvalue weighted by Gasteiger charge is -2.16. The molecule has 0 spiro atoms. The third kappa shape index (κ3) is 3.17. The summed E-state index contributed by atoms with van der Waals surface area (Å²) in [5.74, 6) is 0. The Morgan fingerprint density at radius 2 is 1.78 bits per heavy atom. The quantitative estimate of drug-likeness (QED) is 0.393. The number of hydrogen-bond acceptors (Lipinski definition) is 1. The zero-order valence-electron chi connectivity index (χ0n) is 10.7. The summed E-state index contributed by atoms with van der Waals surface area (Å²) >= 11 is 8.13. The summed E-state index contributed by atoms with van der Waals surface area (Å²) in [5.41, 5.74) is 1.58. The van der Waals surface area contributed by atoms with E-state index in [1.807, 2.05) is 11.3 Å². The van der Waals surface area contributed by atoms with E-state index in [2.05, 4.69) is 95.7 Å². The fourth-order valence-electron chi connectivity index (χ4n) is 1.73. The van der Waals surface area contributed by atoms with Gasteiger partial charge in [0.25, 0.3) is 0 Å². The van der Waals surface area contributed by atoms with Gasteiger partial charge in [-0.05, 0) is 51.8 Å². The minimum atomic E-state index is 0.236. The van der Waals surface area contributed by atoms with E-state index in [0.29, 0.717) is 4.83 Å². The van der Waals surface area contributed by atoms with Crippen molar-refractivity contribution in [2.75, 3.05) is 0 Å². The van der Waals surface area contributed by atoms with Gasteiger partial charge >= 0.3 is 0 Å². The molecule has 0 radical (unpaired) electrons. The molecular formula is C15H16BrIS. The Morgan fingerprint density at radius 1 is 1.11 bits per heavy atom. The predicted octanol–water partition coefficient (Wildman–Crippen LogP) is 6.13. The maximum atomic E-state index is 3.83. The van der Waals surface area contributed by atoms with Crippen molar-refractivity contribution in [3.63, 3.8) is 0 Å². The van der Waals surface area contributed by atoms with Crippen LogP contribution in [0.3, 0.4) is 0 Å². The molecule has 0 nitrogen and oxygen atoms in total. The van der Waals surface area contributed by atoms with E-state index in [9.17, 15) is 0 Å². The van der Waals surface area contributed by atoms with Crippen LogP contribution in [0, 0.1) is 3.57 Å². The molecule has 1 atom stereocenters. The summed E-state index contributed by atoms with van der Waals surface area (Å²) < 4.78 is 1.31. The minimum absolute atomic E-state index is 0.236. The Balaban J connectivity index is 2.33. The first kappa shape index (κ1) is 14.5. The zero-order valence-corrected chi connectivity index (χ0v) is 15.3. The van der Waals surface area contributed by atoms with Crippen molar-refractivity contribution in [2.45, 2.75) is 31.0 Å². The average Bonchev–Trinajstić information content (AvgIpc) is 2.77. The van der Waals surface area contributed by atoms with Crippen molar-refractivity contribution in [1.82, 2.24) is 0 Å². The molecule has 2 aromatic rings. The molecule has 1 heterocycles. The van der Waals surface area contributed by atoms with Crippen molar-refractivity contribution in [3.05, 3.63) is 55.3 Å². The summed E-state index contributed by atoms with van der Waals surface area (Å²) in [6.07, 6.45) is 0. The monoisotopic (exact) mass is 434 g/mol. The highest BCUT2D eigenvalue weighted by Gasteiger charge is 2.20. The zero-order chi connectivity index (χ0) is 13.3. The first-order valence-electron chi connectivity index (χ1n) is 5.88. The topological polar surface area (TPSA) is 0 Å². The second-order valence-corrected chi connectivity index (χ2v) is 8.53. The van der Waals surface area contributed by atoms with E-state index < -0.39 is 0 Å². The Bertz CT molecular complexity index is 539. The molecule has 0 aliphatic carbocycles. The van der Waals surface area contributed by atoms with E-state index in [4.69, 9.17) is 0 Å². The van der Waals surface area contributed by atoms with Gasteiger partial charge < -0.3 is 0 Å². The summed E-state index contributed by atoms with van der Waals surface area (Å²) in [5, 5.41) is 0. The molecule has 0 aliphatic heterocycles. The lowest BCUT2D eigenvalue weighted by atomic mass is 9.95. The third-order valence-electron chi connectivity index (χ3n) is 2.79. The maximum Gasteiger partial charge on any atom is 0.0748 e. The van der Waals surface area contributed by atoms with Crippen molar-refractivity contribution in [2.24, 2.45) is 0 Å². The molecule has 2 rings (SSSR count). The molecule has 96 valence electrons. The smallest absolute Gasteiger partial charge is 0.0748 e. The minimum Gasteiger partial charge on any atom is -0.143 e. The lowest BCUT2D eigenvalue weighted by Crippen LogP contribution is -2.07. The van der Waals surface area contributed by atoms with Crippen molar-refractivity contribution < 1.29 is 0 Å². The van der Waals surface area contributed by atoms with Crippen molar-refractivity contribution in [1.29, 1.82) is 0 Å². The molecule has 1 aromatic heterocycles. The van der Waals surface area contributed by atoms with Crippen LogP contribution in [0.5, 0.6) is 0 Å². The van der Waals surface area contributed by atoms with Crippen LogP contribution in [0.25, 0.3) is 0 Å². The number of hydrogen-bond donors (Lipinski definition) is 0. The van der Waals surface area contributed by atoms with Crippen LogP contribution < -0.4 is 0 Å². The van der Waals surface area contributed by atoms with Gasteiger partial charge in [0.15, 0.2) is 0 Å². The van der Waals surface area contributed by atoms with E-state index in [-0.39, 0.29) is 5.41 Å². The molecule has 0 aliphatic rings. The van der Waals surface area contributed by atoms with Gasteiger partial charge in [0.1, 0.15) is 0 Å². The Morgan fingerprint density at radius 3 is 2.33 bits per heavy atom. The van der Waals surface area contributed by atoms with Gasteiger partial charge in [-0.1, -0.05) is 54.9 Å². The highest BCUT2D eigenvalue weighted by molar-refractivity contribution is 14.1. The highest BCUT2D eigenvalue weighted by atomic mass is 127. The van der Waals surface area contributed by atoms with Crippen LogP contribution in [0.4, 0.5) is 0 Å². The van der Waals surface area contributed by atoms with E-state index in [1.54, 1.807) is 0 Å². The van der Waals surface area contributed by atoms with Crippen LogP contribution >= 0.6 is 49.9 Å². The molecular weight excluding hydrogens is 419 g/mol. The first-order chi connectivity index (χ1) is 8.39. The summed E-state index contributed by atoms with van der Waals surface area (Å²) in [7, 11) is 0. The number of rotatable bonds is 2. The molecule has 0 fully saturated rings. The van der Waals surface area contributed by atoms with Gasteiger partial charge in [-0.3, -0.25) is 0 Å². The van der Waals surface area contributed by atoms with Gasteiger partial charge in [-0.2, -0.15) is 0 Å². The first-order valence-corrected chi connectivity index (χ1v) is 8.69. The van der Waals surface area contributed by atoms with Gasteiger partial charge in [0.2, 0.25) is 0 Å². The highest BCUT2D eigenvalue weighted by Crippen LogP contribution is 2.39. The maximum absolute atomic E-state index is 3.83. The SMILES string of the molecule is CC(C)(C)c1ccc(C(Br)c2ccccc2I)s1. The summed E-state index contributed by atoms with van der Waals surface area (Å²) in [6.45, 7) is 6.79. The number of thiophene rings is 1. The molecule has 0 saturated carbocycles. The van der Waals surface area contributed by atoms with E-state index in [1.165, 1.54) is 18.9 Å². The normalized spacial score (nSPS) is 13.6. The van der Waals surface area contributed by atoms with Crippen molar-refractivity contribution in [3.8, 4) is 0 Å². The van der Waals surface area contributed by atoms with E-state index >= 15 is 0 Å². The molecule has 1 aromatic carbocycles. The predicted molar refractivity (Wildman–Crippen MR) is 92.9 cm³/mol. The van der Waals surface area contributed by atoms with Gasteiger partial charge in [0.05, 0.1) is 4.83 Å². The molecule has 3 heteroatoms. The molecule has 0 saturated heterocycles. The van der Waals surface area contributed by atoms with Gasteiger partial charge in [-0.15, -0.1) is 11.3 Å². The van der Waals surface area contributed by atoms with Gasteiger partial charge in [0, 0.05) is 13.3 Å². The van der Waals surface area contributed by atoms with Gasteiger partial charge in [-0.25, -0.2) is 0 Å². The molecule has 0 N–H and O–H groups in total. The fourth-order valence-corrected chi connectivity index (χ4v) is 4.75. The van der Waals surface area contributed by atoms with Crippen LogP contribution in [0.1, 0.15) is 40.9 Å². The molecule has 0 bridgehead atoms. The standard InChI is InChI=1S/C15H16BrIS/c1-15(2,3)13-9-8-12(18-13)14(16)10-6-4-5-7-11(10)17/h4-9,14H,1-3H3. The Kier molecular flexibility index (Phi) is 4.55. The van der Waals surface area contributed by atoms with Crippen LogP contribution in [-0.2, 0) is 5.41 Å². The van der Waals surface area contributed by atoms with Crippen molar-refractivity contribution >= 4 is 49.9 Å². The van der Waals surface area contributed by atoms with Crippen LogP contribution in [0.2, 0.25) is 0 Å². The Labute approximate surface area is 135 Å². The largest absolute Gasteiger partial charge is 0.143 e. The molecule has 1 unspecified atom stereocenters. The second kappa shape index (κ2) is 5.63. The molecule has 18 heavy (non-hydrogen) atoms. The average molecular weight is 435 g/mol. The Hall–Kier alpha value is 0.130. The van der Waals surface area contributed by atoms with E-state index in [0.717, 1.165) is 0 Å². The van der Waals surface area contributed by atoms with Crippen LogP contribution in [-0.4, -0.2) is 0 Å². The number of alkyl halides is 1. The number of halogens is 2. The summed E-state index contributed by atoms with van der Waals surface area (Å²) in [4.78, 5) is 3.11. The fraction of sp³-hybridized carbons (Fsp3) is 0.333.